The van der Waals surface area contributed by atoms with E-state index >= 15 is 0 Å². The molecule has 0 saturated heterocycles. The molecular weight excluding hydrogens is 319 g/mol. The number of ether oxygens (including phenoxy) is 1. The van der Waals surface area contributed by atoms with Crippen LogP contribution in [0.2, 0.25) is 0 Å². The largest absolute Gasteiger partial charge is 0.497 e. The summed E-state index contributed by atoms with van der Waals surface area (Å²) < 4.78 is 42.8. The summed E-state index contributed by atoms with van der Waals surface area (Å²) in [5.74, 6) is 5.54. The fraction of sp³-hybridized carbons (Fsp3) is 0.167. The second-order valence-corrected chi connectivity index (χ2v) is 4.79. The summed E-state index contributed by atoms with van der Waals surface area (Å²) in [7, 11) is 1.53. The molecule has 0 aliphatic rings. The minimum atomic E-state index is -4.40. The van der Waals surface area contributed by atoms with Crippen molar-refractivity contribution >= 4 is 5.91 Å². The van der Waals surface area contributed by atoms with E-state index in [-0.39, 0.29) is 18.0 Å². The third kappa shape index (κ3) is 4.78. The van der Waals surface area contributed by atoms with Crippen LogP contribution in [0.3, 0.4) is 0 Å². The zero-order valence-electron chi connectivity index (χ0n) is 12.8. The molecule has 24 heavy (non-hydrogen) atoms. The van der Waals surface area contributed by atoms with Gasteiger partial charge in [-0.1, -0.05) is 17.9 Å². The Morgan fingerprint density at radius 3 is 2.50 bits per heavy atom. The van der Waals surface area contributed by atoms with Crippen LogP contribution in [0.5, 0.6) is 5.75 Å². The first-order chi connectivity index (χ1) is 11.4. The number of hydrogen-bond donors (Lipinski definition) is 1. The van der Waals surface area contributed by atoms with Gasteiger partial charge in [0, 0.05) is 11.1 Å². The number of benzene rings is 2. The summed E-state index contributed by atoms with van der Waals surface area (Å²) in [6, 6.07) is 11.3. The molecule has 0 aromatic heterocycles. The molecule has 0 atom stereocenters. The number of alkyl halides is 3. The maximum Gasteiger partial charge on any atom is 0.416 e. The van der Waals surface area contributed by atoms with E-state index in [1.165, 1.54) is 19.2 Å². The molecular formula is C18H14F3NO2. The summed E-state index contributed by atoms with van der Waals surface area (Å²) >= 11 is 0. The van der Waals surface area contributed by atoms with Crippen molar-refractivity contribution in [2.24, 2.45) is 0 Å². The molecule has 0 aliphatic carbocycles. The lowest BCUT2D eigenvalue weighted by Crippen LogP contribution is -2.23. The van der Waals surface area contributed by atoms with Crippen molar-refractivity contribution in [2.75, 3.05) is 13.7 Å². The zero-order chi connectivity index (χ0) is 17.6. The van der Waals surface area contributed by atoms with Crippen LogP contribution in [0.4, 0.5) is 13.2 Å². The number of halogens is 3. The molecule has 0 radical (unpaired) electrons. The first-order valence-corrected chi connectivity index (χ1v) is 6.98. The van der Waals surface area contributed by atoms with Gasteiger partial charge in [-0.15, -0.1) is 0 Å². The van der Waals surface area contributed by atoms with Crippen LogP contribution in [0.15, 0.2) is 48.5 Å². The third-order valence-electron chi connectivity index (χ3n) is 3.11. The number of methoxy groups -OCH3 is 1. The Labute approximate surface area is 137 Å². The minimum absolute atomic E-state index is 0.0289. The molecule has 6 heteroatoms. The first kappa shape index (κ1) is 17.4. The van der Waals surface area contributed by atoms with Crippen LogP contribution < -0.4 is 10.1 Å². The smallest absolute Gasteiger partial charge is 0.416 e. The van der Waals surface area contributed by atoms with Gasteiger partial charge in [-0.25, -0.2) is 0 Å². The second kappa shape index (κ2) is 7.55. The quantitative estimate of drug-likeness (QED) is 0.873. The number of hydrogen-bond acceptors (Lipinski definition) is 2. The Morgan fingerprint density at radius 2 is 1.88 bits per heavy atom. The Morgan fingerprint density at radius 1 is 1.17 bits per heavy atom. The summed E-state index contributed by atoms with van der Waals surface area (Å²) in [4.78, 5) is 11.9. The van der Waals surface area contributed by atoms with Gasteiger partial charge in [-0.3, -0.25) is 4.79 Å². The van der Waals surface area contributed by atoms with Crippen molar-refractivity contribution in [1.29, 1.82) is 0 Å². The SMILES string of the molecule is COc1ccc(C(=O)NCC#Cc2cccc(C(F)(F)F)c2)cc1. The van der Waals surface area contributed by atoms with E-state index in [1.54, 1.807) is 24.3 Å². The molecule has 0 fully saturated rings. The Balaban J connectivity index is 1.95. The molecule has 2 aromatic rings. The summed E-state index contributed by atoms with van der Waals surface area (Å²) in [6.07, 6.45) is -4.40. The molecule has 2 aromatic carbocycles. The van der Waals surface area contributed by atoms with Gasteiger partial charge in [-0.2, -0.15) is 13.2 Å². The lowest BCUT2D eigenvalue weighted by atomic mass is 10.1. The lowest BCUT2D eigenvalue weighted by Gasteiger charge is -2.05. The Bertz CT molecular complexity index is 771. The van der Waals surface area contributed by atoms with E-state index in [1.807, 2.05) is 0 Å². The van der Waals surface area contributed by atoms with Crippen LogP contribution in [-0.2, 0) is 6.18 Å². The molecule has 0 unspecified atom stereocenters. The predicted octanol–water partition coefficient (Wildman–Crippen LogP) is 3.50. The number of amides is 1. The summed E-state index contributed by atoms with van der Waals surface area (Å²) in [5.41, 5.74) is -0.0724. The lowest BCUT2D eigenvalue weighted by molar-refractivity contribution is -0.137. The van der Waals surface area contributed by atoms with Gasteiger partial charge in [0.05, 0.1) is 19.2 Å². The maximum absolute atomic E-state index is 12.6. The number of carbonyl (C=O) groups excluding carboxylic acids is 1. The summed E-state index contributed by atoms with van der Waals surface area (Å²) in [6.45, 7) is 0.0289. The zero-order valence-corrected chi connectivity index (χ0v) is 12.8. The highest BCUT2D eigenvalue weighted by Crippen LogP contribution is 2.29. The standard InChI is InChI=1S/C18H14F3NO2/c1-24-16-9-7-14(8-10-16)17(23)22-11-3-5-13-4-2-6-15(12-13)18(19,20)21/h2,4,6-10,12H,11H2,1H3,(H,22,23). The normalized spacial score (nSPS) is 10.5. The highest BCUT2D eigenvalue weighted by molar-refractivity contribution is 5.94. The van der Waals surface area contributed by atoms with E-state index in [2.05, 4.69) is 17.2 Å². The monoisotopic (exact) mass is 333 g/mol. The van der Waals surface area contributed by atoms with Crippen LogP contribution in [0.1, 0.15) is 21.5 Å². The molecule has 0 bridgehead atoms. The van der Waals surface area contributed by atoms with E-state index < -0.39 is 11.7 Å². The molecule has 0 heterocycles. The van der Waals surface area contributed by atoms with Crippen LogP contribution >= 0.6 is 0 Å². The third-order valence-corrected chi connectivity index (χ3v) is 3.11. The van der Waals surface area contributed by atoms with E-state index in [0.29, 0.717) is 11.3 Å². The number of carbonyl (C=O) groups is 1. The van der Waals surface area contributed by atoms with Crippen LogP contribution in [0.25, 0.3) is 0 Å². The minimum Gasteiger partial charge on any atom is -0.497 e. The predicted molar refractivity (Wildman–Crippen MR) is 83.6 cm³/mol. The molecule has 0 saturated carbocycles. The Kier molecular flexibility index (Phi) is 5.48. The molecule has 124 valence electrons. The second-order valence-electron chi connectivity index (χ2n) is 4.79. The van der Waals surface area contributed by atoms with Crippen molar-refractivity contribution in [1.82, 2.24) is 5.32 Å². The van der Waals surface area contributed by atoms with Gasteiger partial charge in [0.15, 0.2) is 0 Å². The van der Waals surface area contributed by atoms with Gasteiger partial charge in [0.25, 0.3) is 5.91 Å². The van der Waals surface area contributed by atoms with Gasteiger partial charge in [0.2, 0.25) is 0 Å². The van der Waals surface area contributed by atoms with Gasteiger partial charge in [-0.05, 0) is 42.5 Å². The summed E-state index contributed by atoms with van der Waals surface area (Å²) in [5, 5.41) is 2.58. The van der Waals surface area contributed by atoms with Crippen molar-refractivity contribution in [2.45, 2.75) is 6.18 Å². The molecule has 1 N–H and O–H groups in total. The van der Waals surface area contributed by atoms with Crippen molar-refractivity contribution < 1.29 is 22.7 Å². The average molecular weight is 333 g/mol. The number of rotatable bonds is 3. The van der Waals surface area contributed by atoms with E-state index in [0.717, 1.165) is 12.1 Å². The molecule has 1 amide bonds. The highest BCUT2D eigenvalue weighted by Gasteiger charge is 2.30. The molecule has 0 spiro atoms. The van der Waals surface area contributed by atoms with E-state index in [9.17, 15) is 18.0 Å². The highest BCUT2D eigenvalue weighted by atomic mass is 19.4. The molecule has 0 aliphatic heterocycles. The average Bonchev–Trinajstić information content (AvgIpc) is 2.58. The van der Waals surface area contributed by atoms with Gasteiger partial charge in [0.1, 0.15) is 5.75 Å². The fourth-order valence-electron chi connectivity index (χ4n) is 1.89. The number of nitrogens with one attached hydrogen (secondary N) is 1. The van der Waals surface area contributed by atoms with Crippen molar-refractivity contribution in [3.63, 3.8) is 0 Å². The first-order valence-electron chi connectivity index (χ1n) is 6.98. The van der Waals surface area contributed by atoms with E-state index in [4.69, 9.17) is 4.74 Å². The van der Waals surface area contributed by atoms with Crippen LogP contribution in [-0.4, -0.2) is 19.6 Å². The molecule has 3 nitrogen and oxygen atoms in total. The fourth-order valence-corrected chi connectivity index (χ4v) is 1.89. The van der Waals surface area contributed by atoms with Crippen molar-refractivity contribution in [3.8, 4) is 17.6 Å². The van der Waals surface area contributed by atoms with Crippen molar-refractivity contribution in [3.05, 3.63) is 65.2 Å². The Hall–Kier alpha value is -2.94. The maximum atomic E-state index is 12.6. The topological polar surface area (TPSA) is 38.3 Å². The molecule has 2 rings (SSSR count). The van der Waals surface area contributed by atoms with Gasteiger partial charge < -0.3 is 10.1 Å². The van der Waals surface area contributed by atoms with Gasteiger partial charge >= 0.3 is 6.18 Å². The van der Waals surface area contributed by atoms with Crippen LogP contribution in [0, 0.1) is 11.8 Å².